The smallest absolute Gasteiger partial charge is 0.259 e. The SMILES string of the molecule is COCOc1cc(-c2noc(-c3cc(OC)c(OCc4ccccc4)cc3I)n2)ccc1F. The van der Waals surface area contributed by atoms with Crippen LogP contribution in [0.15, 0.2) is 65.2 Å². The van der Waals surface area contributed by atoms with Crippen molar-refractivity contribution in [3.05, 3.63) is 75.6 Å². The quantitative estimate of drug-likeness (QED) is 0.191. The highest BCUT2D eigenvalue weighted by Gasteiger charge is 2.18. The molecule has 0 aliphatic rings. The molecule has 0 spiro atoms. The average Bonchev–Trinajstić information content (AvgIpc) is 3.33. The molecule has 0 bridgehead atoms. The Morgan fingerprint density at radius 3 is 2.52 bits per heavy atom. The Morgan fingerprint density at radius 1 is 0.939 bits per heavy atom. The lowest BCUT2D eigenvalue weighted by Crippen LogP contribution is -2.01. The highest BCUT2D eigenvalue weighted by molar-refractivity contribution is 14.1. The van der Waals surface area contributed by atoms with Crippen molar-refractivity contribution >= 4 is 22.6 Å². The summed E-state index contributed by atoms with van der Waals surface area (Å²) < 4.78 is 41.8. The summed E-state index contributed by atoms with van der Waals surface area (Å²) in [5.41, 5.74) is 2.28. The van der Waals surface area contributed by atoms with Gasteiger partial charge in [0.25, 0.3) is 5.89 Å². The van der Waals surface area contributed by atoms with Crippen molar-refractivity contribution in [2.45, 2.75) is 6.61 Å². The van der Waals surface area contributed by atoms with Crippen molar-refractivity contribution in [3.63, 3.8) is 0 Å². The van der Waals surface area contributed by atoms with Gasteiger partial charge in [-0.05, 0) is 58.5 Å². The molecule has 170 valence electrons. The largest absolute Gasteiger partial charge is 0.493 e. The van der Waals surface area contributed by atoms with Crippen molar-refractivity contribution < 1.29 is 27.9 Å². The number of nitrogens with zero attached hydrogens (tertiary/aromatic N) is 2. The van der Waals surface area contributed by atoms with Crippen LogP contribution in [-0.4, -0.2) is 31.2 Å². The molecule has 0 aliphatic carbocycles. The minimum absolute atomic E-state index is 0.0388. The molecule has 0 fully saturated rings. The van der Waals surface area contributed by atoms with Crippen molar-refractivity contribution in [1.29, 1.82) is 0 Å². The summed E-state index contributed by atoms with van der Waals surface area (Å²) in [6, 6.07) is 17.8. The van der Waals surface area contributed by atoms with E-state index < -0.39 is 5.82 Å². The number of halogens is 2. The Hall–Kier alpha value is -3.18. The number of hydrogen-bond donors (Lipinski definition) is 0. The normalized spacial score (nSPS) is 10.8. The average molecular weight is 562 g/mol. The predicted octanol–water partition coefficient (Wildman–Crippen LogP) is 5.72. The lowest BCUT2D eigenvalue weighted by molar-refractivity contribution is 0.0483. The summed E-state index contributed by atoms with van der Waals surface area (Å²) in [5, 5.41) is 4.04. The molecule has 7 nitrogen and oxygen atoms in total. The molecule has 0 amide bonds. The molecule has 0 aliphatic heterocycles. The van der Waals surface area contributed by atoms with Crippen LogP contribution in [-0.2, 0) is 11.3 Å². The molecule has 0 atom stereocenters. The van der Waals surface area contributed by atoms with Gasteiger partial charge in [0.2, 0.25) is 5.82 Å². The Balaban J connectivity index is 1.59. The molecule has 1 heterocycles. The molecular weight excluding hydrogens is 542 g/mol. The lowest BCUT2D eigenvalue weighted by Gasteiger charge is -2.13. The molecule has 0 saturated heterocycles. The highest BCUT2D eigenvalue weighted by Crippen LogP contribution is 2.37. The first-order chi connectivity index (χ1) is 16.1. The summed E-state index contributed by atoms with van der Waals surface area (Å²) in [6.07, 6.45) is 0. The van der Waals surface area contributed by atoms with E-state index in [4.69, 9.17) is 23.5 Å². The number of benzene rings is 3. The van der Waals surface area contributed by atoms with Crippen LogP contribution in [0.2, 0.25) is 0 Å². The van der Waals surface area contributed by atoms with Crippen LogP contribution in [0.5, 0.6) is 17.2 Å². The summed E-state index contributed by atoms with van der Waals surface area (Å²) in [5.74, 6) is 1.27. The van der Waals surface area contributed by atoms with Crippen LogP contribution >= 0.6 is 22.6 Å². The molecule has 9 heteroatoms. The topological polar surface area (TPSA) is 75.8 Å². The molecule has 0 N–H and O–H groups in total. The maximum absolute atomic E-state index is 14.0. The second-order valence-electron chi connectivity index (χ2n) is 6.88. The molecule has 4 rings (SSSR count). The highest BCUT2D eigenvalue weighted by atomic mass is 127. The number of aromatic nitrogens is 2. The molecule has 0 unspecified atom stereocenters. The van der Waals surface area contributed by atoms with Gasteiger partial charge in [-0.25, -0.2) is 4.39 Å². The minimum atomic E-state index is -0.509. The van der Waals surface area contributed by atoms with Gasteiger partial charge in [-0.15, -0.1) is 0 Å². The Labute approximate surface area is 203 Å². The molecule has 4 aromatic rings. The number of methoxy groups -OCH3 is 2. The molecule has 1 aromatic heterocycles. The fraction of sp³-hybridized carbons (Fsp3) is 0.167. The fourth-order valence-corrected chi connectivity index (χ4v) is 3.70. The molecular formula is C24H20FIN2O5. The second-order valence-corrected chi connectivity index (χ2v) is 8.04. The first-order valence-corrected chi connectivity index (χ1v) is 11.0. The first kappa shape index (κ1) is 23.0. The third-order valence-corrected chi connectivity index (χ3v) is 5.56. The van der Waals surface area contributed by atoms with E-state index in [2.05, 4.69) is 32.7 Å². The Kier molecular flexibility index (Phi) is 7.40. The Bertz CT molecular complexity index is 1230. The van der Waals surface area contributed by atoms with Crippen LogP contribution in [0, 0.1) is 9.39 Å². The lowest BCUT2D eigenvalue weighted by atomic mass is 10.2. The van der Waals surface area contributed by atoms with Crippen molar-refractivity contribution in [3.8, 4) is 40.1 Å². The zero-order chi connectivity index (χ0) is 23.2. The van der Waals surface area contributed by atoms with Gasteiger partial charge in [-0.3, -0.25) is 0 Å². The standard InChI is InChI=1S/C24H20FIN2O5/c1-29-14-32-20-10-16(8-9-18(20)25)23-27-24(33-28-23)17-11-21(30-2)22(12-19(17)26)31-13-15-6-4-3-5-7-15/h3-12H,13-14H2,1-2H3. The van der Waals surface area contributed by atoms with Gasteiger partial charge in [0.1, 0.15) is 6.61 Å². The minimum Gasteiger partial charge on any atom is -0.493 e. The van der Waals surface area contributed by atoms with E-state index in [-0.39, 0.29) is 12.5 Å². The van der Waals surface area contributed by atoms with Crippen LogP contribution in [0.3, 0.4) is 0 Å². The van der Waals surface area contributed by atoms with Gasteiger partial charge in [0, 0.05) is 16.2 Å². The zero-order valence-electron chi connectivity index (χ0n) is 17.9. The van der Waals surface area contributed by atoms with E-state index in [1.807, 2.05) is 36.4 Å². The second kappa shape index (κ2) is 10.6. The summed E-state index contributed by atoms with van der Waals surface area (Å²) in [7, 11) is 3.03. The van der Waals surface area contributed by atoms with Crippen molar-refractivity contribution in [2.75, 3.05) is 21.0 Å². The summed E-state index contributed by atoms with van der Waals surface area (Å²) >= 11 is 2.18. The van der Waals surface area contributed by atoms with Gasteiger partial charge in [0.15, 0.2) is 29.9 Å². The molecule has 0 saturated carbocycles. The van der Waals surface area contributed by atoms with Gasteiger partial charge in [0.05, 0.1) is 12.7 Å². The van der Waals surface area contributed by atoms with E-state index in [1.54, 1.807) is 19.2 Å². The third kappa shape index (κ3) is 5.42. The molecule has 0 radical (unpaired) electrons. The van der Waals surface area contributed by atoms with Crippen molar-refractivity contribution in [1.82, 2.24) is 10.1 Å². The van der Waals surface area contributed by atoms with E-state index in [0.717, 1.165) is 9.13 Å². The van der Waals surface area contributed by atoms with Gasteiger partial charge in [-0.2, -0.15) is 4.98 Å². The number of hydrogen-bond acceptors (Lipinski definition) is 7. The number of ether oxygens (including phenoxy) is 4. The number of rotatable bonds is 9. The predicted molar refractivity (Wildman–Crippen MR) is 128 cm³/mol. The van der Waals surface area contributed by atoms with Crippen LogP contribution in [0.4, 0.5) is 4.39 Å². The van der Waals surface area contributed by atoms with E-state index in [1.165, 1.54) is 19.2 Å². The maximum atomic E-state index is 14.0. The van der Waals surface area contributed by atoms with Gasteiger partial charge >= 0.3 is 0 Å². The van der Waals surface area contributed by atoms with Crippen LogP contribution in [0.25, 0.3) is 22.8 Å². The van der Waals surface area contributed by atoms with Crippen LogP contribution < -0.4 is 14.2 Å². The fourth-order valence-electron chi connectivity index (χ4n) is 3.03. The molecule has 3 aromatic carbocycles. The maximum Gasteiger partial charge on any atom is 0.259 e. The Morgan fingerprint density at radius 2 is 1.76 bits per heavy atom. The summed E-state index contributed by atoms with van der Waals surface area (Å²) in [6.45, 7) is 0.337. The first-order valence-electron chi connectivity index (χ1n) is 9.89. The van der Waals surface area contributed by atoms with E-state index in [9.17, 15) is 4.39 Å². The van der Waals surface area contributed by atoms with Crippen molar-refractivity contribution in [2.24, 2.45) is 0 Å². The summed E-state index contributed by atoms with van der Waals surface area (Å²) in [4.78, 5) is 4.47. The zero-order valence-corrected chi connectivity index (χ0v) is 20.0. The third-order valence-electron chi connectivity index (χ3n) is 4.67. The van der Waals surface area contributed by atoms with Crippen LogP contribution in [0.1, 0.15) is 5.56 Å². The van der Waals surface area contributed by atoms with Gasteiger partial charge in [-0.1, -0.05) is 35.5 Å². The van der Waals surface area contributed by atoms with Gasteiger partial charge < -0.3 is 23.5 Å². The van der Waals surface area contributed by atoms with E-state index in [0.29, 0.717) is 40.9 Å². The monoisotopic (exact) mass is 562 g/mol. The van der Waals surface area contributed by atoms with E-state index >= 15 is 0 Å². The molecule has 33 heavy (non-hydrogen) atoms.